The van der Waals surface area contributed by atoms with Crippen LogP contribution >= 0.6 is 0 Å². The van der Waals surface area contributed by atoms with Crippen LogP contribution in [0.2, 0.25) is 0 Å². The van der Waals surface area contributed by atoms with E-state index in [1.807, 2.05) is 36.4 Å². The quantitative estimate of drug-likeness (QED) is 0.647. The second-order valence-corrected chi connectivity index (χ2v) is 6.27. The molecular weight excluding hydrogens is 361 g/mol. The van der Waals surface area contributed by atoms with E-state index in [-0.39, 0.29) is 25.1 Å². The minimum absolute atomic E-state index is 0.0147. The van der Waals surface area contributed by atoms with Gasteiger partial charge in [-0.2, -0.15) is 5.10 Å². The molecule has 7 nitrogen and oxygen atoms in total. The van der Waals surface area contributed by atoms with Crippen molar-refractivity contribution in [3.63, 3.8) is 0 Å². The van der Waals surface area contributed by atoms with Crippen molar-refractivity contribution in [3.8, 4) is 16.8 Å². The fraction of sp³-hybridized carbons (Fsp3) is 0.150. The van der Waals surface area contributed by atoms with Gasteiger partial charge < -0.3 is 11.5 Å². The van der Waals surface area contributed by atoms with Gasteiger partial charge in [-0.1, -0.05) is 42.5 Å². The summed E-state index contributed by atoms with van der Waals surface area (Å²) >= 11 is 0. The predicted octanol–water partition coefficient (Wildman–Crippen LogP) is 1.54. The topological polar surface area (TPSA) is 109 Å². The van der Waals surface area contributed by atoms with Crippen LogP contribution in [0.25, 0.3) is 16.8 Å². The van der Waals surface area contributed by atoms with E-state index in [1.165, 1.54) is 10.9 Å². The minimum atomic E-state index is -0.470. The molecule has 0 spiro atoms. The predicted molar refractivity (Wildman–Crippen MR) is 104 cm³/mol. The fourth-order valence-electron chi connectivity index (χ4n) is 2.90. The lowest BCUT2D eigenvalue weighted by molar-refractivity contribution is -0.117. The molecule has 0 radical (unpaired) electrons. The van der Waals surface area contributed by atoms with Crippen molar-refractivity contribution in [1.82, 2.24) is 14.3 Å². The highest BCUT2D eigenvalue weighted by Crippen LogP contribution is 2.27. The van der Waals surface area contributed by atoms with Crippen molar-refractivity contribution in [2.45, 2.75) is 13.0 Å². The van der Waals surface area contributed by atoms with E-state index in [1.54, 1.807) is 12.1 Å². The fourth-order valence-corrected chi connectivity index (χ4v) is 2.90. The summed E-state index contributed by atoms with van der Waals surface area (Å²) in [4.78, 5) is 24.1. The van der Waals surface area contributed by atoms with Crippen LogP contribution in [0.15, 0.2) is 71.6 Å². The van der Waals surface area contributed by atoms with Crippen molar-refractivity contribution in [1.29, 1.82) is 0 Å². The molecule has 0 unspecified atom stereocenters. The molecule has 28 heavy (non-hydrogen) atoms. The lowest BCUT2D eigenvalue weighted by Gasteiger charge is -2.12. The van der Waals surface area contributed by atoms with Crippen LogP contribution in [0, 0.1) is 0 Å². The second kappa shape index (κ2) is 8.45. The molecule has 4 N–H and O–H groups in total. The average molecular weight is 381 g/mol. The van der Waals surface area contributed by atoms with E-state index in [0.29, 0.717) is 17.6 Å². The smallest absolute Gasteiger partial charge is 0.350 e. The molecule has 0 saturated heterocycles. The number of benzene rings is 2. The molecule has 0 aliphatic rings. The largest absolute Gasteiger partial charge is 0.369 e. The first kappa shape index (κ1) is 19.2. The number of rotatable bonds is 7. The SMILES string of the molecule is NC/C(=C/F)Cn1ncn(-c2cc(CC(N)=O)ccc2-c2ccccc2)c1=O. The van der Waals surface area contributed by atoms with E-state index in [0.717, 1.165) is 15.8 Å². The van der Waals surface area contributed by atoms with Crippen molar-refractivity contribution in [2.24, 2.45) is 11.5 Å². The first-order valence-corrected chi connectivity index (χ1v) is 8.63. The summed E-state index contributed by atoms with van der Waals surface area (Å²) in [6.07, 6.45) is 1.80. The molecule has 0 aliphatic carbocycles. The van der Waals surface area contributed by atoms with Gasteiger partial charge in [0.15, 0.2) is 0 Å². The van der Waals surface area contributed by atoms with Gasteiger partial charge in [0.2, 0.25) is 5.91 Å². The number of carbonyl (C=O) groups is 1. The lowest BCUT2D eigenvalue weighted by Crippen LogP contribution is -2.26. The molecule has 8 heteroatoms. The summed E-state index contributed by atoms with van der Waals surface area (Å²) in [5.74, 6) is -0.470. The molecule has 0 atom stereocenters. The van der Waals surface area contributed by atoms with Gasteiger partial charge in [-0.15, -0.1) is 0 Å². The van der Waals surface area contributed by atoms with E-state index in [4.69, 9.17) is 11.5 Å². The Hall–Kier alpha value is -3.52. The molecule has 3 aromatic rings. The van der Waals surface area contributed by atoms with Gasteiger partial charge in [0, 0.05) is 12.1 Å². The number of nitrogens with two attached hydrogens (primary N) is 2. The zero-order chi connectivity index (χ0) is 20.1. The summed E-state index contributed by atoms with van der Waals surface area (Å²) in [6.45, 7) is -0.0559. The molecule has 0 saturated carbocycles. The van der Waals surface area contributed by atoms with Crippen molar-refractivity contribution in [2.75, 3.05) is 6.54 Å². The highest BCUT2D eigenvalue weighted by molar-refractivity contribution is 5.79. The highest BCUT2D eigenvalue weighted by atomic mass is 19.1. The normalized spacial score (nSPS) is 11.6. The Kier molecular flexibility index (Phi) is 5.81. The average Bonchev–Trinajstić information content (AvgIpc) is 3.06. The van der Waals surface area contributed by atoms with Crippen LogP contribution in [0.5, 0.6) is 0 Å². The van der Waals surface area contributed by atoms with Gasteiger partial charge in [-0.25, -0.2) is 18.4 Å². The van der Waals surface area contributed by atoms with Crippen LogP contribution in [0.1, 0.15) is 5.56 Å². The van der Waals surface area contributed by atoms with Gasteiger partial charge >= 0.3 is 5.69 Å². The first-order valence-electron chi connectivity index (χ1n) is 8.63. The molecule has 0 bridgehead atoms. The molecule has 3 rings (SSSR count). The Labute approximate surface area is 160 Å². The summed E-state index contributed by atoms with van der Waals surface area (Å²) < 4.78 is 15.3. The maximum absolute atomic E-state index is 12.8. The van der Waals surface area contributed by atoms with Gasteiger partial charge in [-0.3, -0.25) is 4.79 Å². The molecular formula is C20H20FN5O2. The minimum Gasteiger partial charge on any atom is -0.369 e. The Morgan fingerprint density at radius 1 is 1.18 bits per heavy atom. The Bertz CT molecular complexity index is 1070. The Morgan fingerprint density at radius 3 is 2.57 bits per heavy atom. The first-order chi connectivity index (χ1) is 13.5. The molecule has 1 heterocycles. The second-order valence-electron chi connectivity index (χ2n) is 6.27. The van der Waals surface area contributed by atoms with Crippen molar-refractivity contribution < 1.29 is 9.18 Å². The maximum Gasteiger partial charge on any atom is 0.350 e. The number of nitrogens with zero attached hydrogens (tertiary/aromatic N) is 3. The molecule has 0 aliphatic heterocycles. The zero-order valence-corrected chi connectivity index (χ0v) is 15.1. The number of amides is 1. The number of carbonyl (C=O) groups excluding carboxylic acids is 1. The molecule has 1 aromatic heterocycles. The van der Waals surface area contributed by atoms with Crippen LogP contribution < -0.4 is 17.2 Å². The summed E-state index contributed by atoms with van der Waals surface area (Å²) in [5.41, 5.74) is 13.5. The Morgan fingerprint density at radius 2 is 1.93 bits per heavy atom. The molecule has 1 amide bonds. The third-order valence-electron chi connectivity index (χ3n) is 4.29. The summed E-state index contributed by atoms with van der Waals surface area (Å²) in [5, 5.41) is 4.07. The number of halogens is 1. The van der Waals surface area contributed by atoms with E-state index in [2.05, 4.69) is 5.10 Å². The number of hydrogen-bond donors (Lipinski definition) is 2. The van der Waals surface area contributed by atoms with Gasteiger partial charge in [0.25, 0.3) is 0 Å². The number of primary amides is 1. The standard InChI is InChI=1S/C20H20FN5O2/c21-10-15(11-22)12-26-20(28)25(13-24-26)18-8-14(9-19(23)27)6-7-17(18)16-4-2-1-3-5-16/h1-8,10,13H,9,11-12,22H2,(H2,23,27)/b15-10-. The third kappa shape index (κ3) is 4.07. The zero-order valence-electron chi connectivity index (χ0n) is 15.1. The van der Waals surface area contributed by atoms with Gasteiger partial charge in [-0.05, 0) is 22.8 Å². The monoisotopic (exact) mass is 381 g/mol. The van der Waals surface area contributed by atoms with Crippen LogP contribution in [-0.4, -0.2) is 26.8 Å². The number of hydrogen-bond acceptors (Lipinski definition) is 4. The summed E-state index contributed by atoms with van der Waals surface area (Å²) in [7, 11) is 0. The van der Waals surface area contributed by atoms with Gasteiger partial charge in [0.1, 0.15) is 6.33 Å². The van der Waals surface area contributed by atoms with Crippen LogP contribution in [0.3, 0.4) is 0 Å². The van der Waals surface area contributed by atoms with Crippen LogP contribution in [-0.2, 0) is 17.8 Å². The Balaban J connectivity index is 2.13. The van der Waals surface area contributed by atoms with Crippen molar-refractivity contribution in [3.05, 3.63) is 82.8 Å². The third-order valence-corrected chi connectivity index (χ3v) is 4.29. The molecule has 0 fully saturated rings. The van der Waals surface area contributed by atoms with E-state index < -0.39 is 11.6 Å². The van der Waals surface area contributed by atoms with Crippen molar-refractivity contribution >= 4 is 5.91 Å². The number of aromatic nitrogens is 3. The highest BCUT2D eigenvalue weighted by Gasteiger charge is 2.14. The summed E-state index contributed by atoms with van der Waals surface area (Å²) in [6, 6.07) is 14.9. The van der Waals surface area contributed by atoms with E-state index in [9.17, 15) is 14.0 Å². The molecule has 2 aromatic carbocycles. The van der Waals surface area contributed by atoms with Crippen LogP contribution in [0.4, 0.5) is 4.39 Å². The lowest BCUT2D eigenvalue weighted by atomic mass is 10.00. The van der Waals surface area contributed by atoms with E-state index >= 15 is 0 Å². The maximum atomic E-state index is 12.8. The molecule has 144 valence electrons. The van der Waals surface area contributed by atoms with Gasteiger partial charge in [0.05, 0.1) is 25.0 Å².